The molecule has 2 N–H and O–H groups in total. The van der Waals surface area contributed by atoms with E-state index in [1.54, 1.807) is 24.0 Å². The van der Waals surface area contributed by atoms with Gasteiger partial charge in [0.05, 0.1) is 23.4 Å². The normalized spacial score (nSPS) is 29.7. The first-order valence-corrected chi connectivity index (χ1v) is 12.0. The summed E-state index contributed by atoms with van der Waals surface area (Å²) in [6, 6.07) is 1.01. The Hall–Kier alpha value is -3.04. The van der Waals surface area contributed by atoms with Crippen LogP contribution in [0, 0.1) is 0 Å². The Morgan fingerprint density at radius 2 is 2.09 bits per heavy atom. The number of oxime groups is 1. The van der Waals surface area contributed by atoms with Gasteiger partial charge in [-0.2, -0.15) is 0 Å². The number of carbonyl (C=O) groups is 2. The molecule has 188 valence electrons. The molecule has 2 saturated heterocycles. The molecule has 3 aliphatic rings. The zero-order valence-electron chi connectivity index (χ0n) is 19.7. The Morgan fingerprint density at radius 1 is 1.29 bits per heavy atom. The van der Waals surface area contributed by atoms with E-state index in [0.29, 0.717) is 31.6 Å². The number of halogens is 1. The topological polar surface area (TPSA) is 121 Å². The molecule has 0 aromatic heterocycles. The van der Waals surface area contributed by atoms with Crippen molar-refractivity contribution in [2.24, 2.45) is 5.16 Å². The summed E-state index contributed by atoms with van der Waals surface area (Å²) in [7, 11) is 0. The highest BCUT2D eigenvalue weighted by Crippen LogP contribution is 2.42. The molecule has 0 bridgehead atoms. The standard InChI is InChI=1S/C25H29ClN2O7/c1-15-12-20-25(2,35-20)8-4-3-6-16(27-33-11-10-28-9-5-7-21(28)31)13-17-22(24(32)34-15)18(29)14-19(30)23(17)26/h3-4,6,8,14-15,20,29-30H,5,7,9-13H2,1-2H3/b6-3+,8-4-,27-16-/t15-,20-,25-/m1/s1. The second kappa shape index (κ2) is 10.3. The average Bonchev–Trinajstić information content (AvgIpc) is 3.22. The van der Waals surface area contributed by atoms with Gasteiger partial charge in [0.25, 0.3) is 0 Å². The smallest absolute Gasteiger partial charge is 0.342 e. The maximum atomic E-state index is 13.0. The molecule has 2 fully saturated rings. The minimum absolute atomic E-state index is 0.0248. The van der Waals surface area contributed by atoms with E-state index in [2.05, 4.69) is 5.16 Å². The molecule has 3 aliphatic heterocycles. The number of hydrogen-bond donors (Lipinski definition) is 2. The fourth-order valence-corrected chi connectivity index (χ4v) is 4.52. The van der Waals surface area contributed by atoms with Gasteiger partial charge in [-0.05, 0) is 31.9 Å². The first-order chi connectivity index (χ1) is 16.7. The van der Waals surface area contributed by atoms with Crippen LogP contribution in [0.1, 0.15) is 49.0 Å². The van der Waals surface area contributed by atoms with Crippen LogP contribution in [-0.2, 0) is 25.5 Å². The number of fused-ring (bicyclic) bond motifs is 2. The summed E-state index contributed by atoms with van der Waals surface area (Å²) in [4.78, 5) is 32.0. The molecule has 1 amide bonds. The number of allylic oxidation sites excluding steroid dienone is 3. The van der Waals surface area contributed by atoms with Crippen LogP contribution in [0.25, 0.3) is 0 Å². The molecular formula is C25H29ClN2O7. The second-order valence-electron chi connectivity index (χ2n) is 9.12. The Balaban J connectivity index is 1.63. The van der Waals surface area contributed by atoms with Gasteiger partial charge < -0.3 is 29.4 Å². The number of benzene rings is 1. The van der Waals surface area contributed by atoms with Crippen LogP contribution in [0.15, 0.2) is 35.5 Å². The summed E-state index contributed by atoms with van der Waals surface area (Å²) in [6.45, 7) is 5.01. The van der Waals surface area contributed by atoms with Crippen molar-refractivity contribution in [3.8, 4) is 11.5 Å². The maximum absolute atomic E-state index is 13.0. The molecule has 9 nitrogen and oxygen atoms in total. The van der Waals surface area contributed by atoms with E-state index in [1.807, 2.05) is 19.1 Å². The summed E-state index contributed by atoms with van der Waals surface area (Å²) < 4.78 is 11.3. The van der Waals surface area contributed by atoms with Gasteiger partial charge in [-0.15, -0.1) is 0 Å². The van der Waals surface area contributed by atoms with E-state index in [0.717, 1.165) is 12.5 Å². The van der Waals surface area contributed by atoms with Crippen LogP contribution in [-0.4, -0.2) is 70.2 Å². The van der Waals surface area contributed by atoms with Crippen molar-refractivity contribution in [1.29, 1.82) is 0 Å². The lowest BCUT2D eigenvalue weighted by atomic mass is 9.98. The van der Waals surface area contributed by atoms with Crippen LogP contribution in [0.3, 0.4) is 0 Å². The number of epoxide rings is 1. The summed E-state index contributed by atoms with van der Waals surface area (Å²) >= 11 is 6.35. The van der Waals surface area contributed by atoms with Crippen molar-refractivity contribution in [3.63, 3.8) is 0 Å². The largest absolute Gasteiger partial charge is 0.507 e. The number of ether oxygens (including phenoxy) is 2. The third-order valence-corrected chi connectivity index (χ3v) is 6.77. The van der Waals surface area contributed by atoms with E-state index >= 15 is 0 Å². The van der Waals surface area contributed by atoms with E-state index in [-0.39, 0.29) is 46.9 Å². The molecule has 35 heavy (non-hydrogen) atoms. The van der Waals surface area contributed by atoms with Crippen molar-refractivity contribution < 1.29 is 34.1 Å². The molecule has 3 atom stereocenters. The molecule has 1 aromatic carbocycles. The first kappa shape index (κ1) is 25.1. The summed E-state index contributed by atoms with van der Waals surface area (Å²) in [6.07, 6.45) is 8.45. The number of phenols is 2. The summed E-state index contributed by atoms with van der Waals surface area (Å²) in [5.74, 6) is -1.49. The molecule has 0 saturated carbocycles. The molecule has 0 unspecified atom stereocenters. The molecule has 1 aromatic rings. The van der Waals surface area contributed by atoms with E-state index in [4.69, 9.17) is 25.9 Å². The molecule has 4 rings (SSSR count). The number of rotatable bonds is 4. The van der Waals surface area contributed by atoms with E-state index in [9.17, 15) is 19.8 Å². The van der Waals surface area contributed by atoms with Gasteiger partial charge in [-0.1, -0.05) is 35.0 Å². The predicted molar refractivity (Wildman–Crippen MR) is 129 cm³/mol. The number of esters is 1. The first-order valence-electron chi connectivity index (χ1n) is 11.6. The zero-order valence-corrected chi connectivity index (χ0v) is 20.5. The van der Waals surface area contributed by atoms with Crippen molar-refractivity contribution in [2.75, 3.05) is 19.7 Å². The van der Waals surface area contributed by atoms with Gasteiger partial charge in [0.1, 0.15) is 35.4 Å². The number of nitrogens with zero attached hydrogens (tertiary/aromatic N) is 2. The number of carbonyl (C=O) groups excluding carboxylic acids is 2. The van der Waals surface area contributed by atoms with Crippen LogP contribution < -0.4 is 0 Å². The summed E-state index contributed by atoms with van der Waals surface area (Å²) in [5.41, 5.74) is -0.0561. The number of aromatic hydroxyl groups is 2. The molecule has 0 radical (unpaired) electrons. The highest BCUT2D eigenvalue weighted by Gasteiger charge is 2.50. The van der Waals surface area contributed by atoms with Gasteiger partial charge in [0, 0.05) is 31.9 Å². The highest BCUT2D eigenvalue weighted by atomic mass is 35.5. The maximum Gasteiger partial charge on any atom is 0.342 e. The van der Waals surface area contributed by atoms with Crippen molar-refractivity contribution in [2.45, 2.75) is 57.3 Å². The Kier molecular flexibility index (Phi) is 7.37. The monoisotopic (exact) mass is 504 g/mol. The van der Waals surface area contributed by atoms with Crippen LogP contribution in [0.2, 0.25) is 5.02 Å². The number of likely N-dealkylation sites (tertiary alicyclic amines) is 1. The van der Waals surface area contributed by atoms with Gasteiger partial charge in [-0.25, -0.2) is 4.79 Å². The van der Waals surface area contributed by atoms with Gasteiger partial charge in [0.2, 0.25) is 5.91 Å². The number of amides is 1. The third-order valence-electron chi connectivity index (χ3n) is 6.35. The lowest BCUT2D eigenvalue weighted by Crippen LogP contribution is -2.28. The van der Waals surface area contributed by atoms with Crippen LogP contribution in [0.4, 0.5) is 0 Å². The molecule has 3 heterocycles. The Morgan fingerprint density at radius 3 is 2.83 bits per heavy atom. The van der Waals surface area contributed by atoms with Crippen LogP contribution in [0.5, 0.6) is 11.5 Å². The molecule has 0 aliphatic carbocycles. The number of hydrogen-bond acceptors (Lipinski definition) is 8. The SMILES string of the molecule is C[C@@H]1C[C@H]2O[C@]2(C)\C=C/C=C/C(=N/OCCN2CCCC2=O)Cc2c(Cl)c(O)cc(O)c2C(=O)O1. The van der Waals surface area contributed by atoms with Crippen LogP contribution >= 0.6 is 11.6 Å². The lowest BCUT2D eigenvalue weighted by molar-refractivity contribution is -0.128. The number of phenolic OH excluding ortho intramolecular Hbond substituents is 2. The average molecular weight is 505 g/mol. The number of cyclic esters (lactones) is 1. The van der Waals surface area contributed by atoms with E-state index < -0.39 is 23.4 Å². The minimum Gasteiger partial charge on any atom is -0.507 e. The third kappa shape index (κ3) is 5.79. The Labute approximate surface area is 208 Å². The highest BCUT2D eigenvalue weighted by molar-refractivity contribution is 6.33. The van der Waals surface area contributed by atoms with E-state index in [1.165, 1.54) is 0 Å². The Bertz CT molecular complexity index is 1100. The van der Waals surface area contributed by atoms with Gasteiger partial charge in [-0.3, -0.25) is 4.79 Å². The van der Waals surface area contributed by atoms with Gasteiger partial charge >= 0.3 is 5.97 Å². The molecular weight excluding hydrogens is 476 g/mol. The quantitative estimate of drug-likeness (QED) is 0.278. The predicted octanol–water partition coefficient (Wildman–Crippen LogP) is 3.51. The summed E-state index contributed by atoms with van der Waals surface area (Å²) in [5, 5.41) is 24.8. The fourth-order valence-electron chi connectivity index (χ4n) is 4.31. The molecule has 0 spiro atoms. The van der Waals surface area contributed by atoms with Crippen molar-refractivity contribution >= 4 is 29.2 Å². The molecule has 10 heteroatoms. The van der Waals surface area contributed by atoms with Crippen molar-refractivity contribution in [1.82, 2.24) is 4.90 Å². The minimum atomic E-state index is -0.765. The zero-order chi connectivity index (χ0) is 25.2. The lowest BCUT2D eigenvalue weighted by Gasteiger charge is -2.18. The van der Waals surface area contributed by atoms with Crippen molar-refractivity contribution in [3.05, 3.63) is 46.5 Å². The van der Waals surface area contributed by atoms with Gasteiger partial charge in [0.15, 0.2) is 0 Å². The second-order valence-corrected chi connectivity index (χ2v) is 9.50. The fraction of sp³-hybridized carbons (Fsp3) is 0.480.